The van der Waals surface area contributed by atoms with Crippen molar-refractivity contribution in [2.75, 3.05) is 39.3 Å². The van der Waals surface area contributed by atoms with Crippen molar-refractivity contribution in [3.05, 3.63) is 63.0 Å². The van der Waals surface area contributed by atoms with Crippen molar-refractivity contribution in [2.45, 2.75) is 51.1 Å². The molecule has 0 spiro atoms. The van der Waals surface area contributed by atoms with E-state index in [1.807, 2.05) is 4.90 Å². The van der Waals surface area contributed by atoms with Gasteiger partial charge < -0.3 is 20.1 Å². The number of rotatable bonds is 10. The number of carboxylic acid groups (broad SMARTS) is 1. The minimum Gasteiger partial charge on any atom is -0.481 e. The lowest BCUT2D eigenvalue weighted by Gasteiger charge is -2.32. The Bertz CT molecular complexity index is 1480. The monoisotopic (exact) mass is 617 g/mol. The van der Waals surface area contributed by atoms with Gasteiger partial charge in [0, 0.05) is 49.5 Å². The van der Waals surface area contributed by atoms with Crippen molar-refractivity contribution in [3.63, 3.8) is 0 Å². The Kier molecular flexibility index (Phi) is 7.84. The number of halogens is 3. The molecule has 1 aromatic heterocycles. The maximum atomic E-state index is 15.5. The van der Waals surface area contributed by atoms with Crippen LogP contribution in [0.2, 0.25) is 0 Å². The van der Waals surface area contributed by atoms with Crippen molar-refractivity contribution in [1.29, 1.82) is 0 Å². The molecule has 0 radical (unpaired) electrons. The van der Waals surface area contributed by atoms with Crippen LogP contribution in [0.25, 0.3) is 0 Å². The second-order valence-electron chi connectivity index (χ2n) is 12.0. The maximum Gasteiger partial charge on any atom is 0.338 e. The summed E-state index contributed by atoms with van der Waals surface area (Å²) in [6.07, 6.45) is 3.22. The highest BCUT2D eigenvalue weighted by molar-refractivity contribution is 7.11. The smallest absolute Gasteiger partial charge is 0.338 e. The first-order valence-electron chi connectivity index (χ1n) is 14.5. The van der Waals surface area contributed by atoms with Crippen molar-refractivity contribution in [3.8, 4) is 0 Å². The lowest BCUT2D eigenvalue weighted by molar-refractivity contribution is -0.139. The largest absolute Gasteiger partial charge is 0.481 e. The van der Waals surface area contributed by atoms with E-state index in [-0.39, 0.29) is 37.1 Å². The van der Waals surface area contributed by atoms with E-state index in [2.05, 4.69) is 10.3 Å². The van der Waals surface area contributed by atoms with Gasteiger partial charge in [-0.05, 0) is 49.3 Å². The summed E-state index contributed by atoms with van der Waals surface area (Å²) in [7, 11) is 0. The van der Waals surface area contributed by atoms with E-state index >= 15 is 8.78 Å². The van der Waals surface area contributed by atoms with Gasteiger partial charge in [0.15, 0.2) is 10.8 Å². The number of aliphatic imine (C=N–C) groups is 1. The predicted octanol–water partition coefficient (Wildman–Crippen LogP) is 4.01. The minimum absolute atomic E-state index is 0.00568. The lowest BCUT2D eigenvalue weighted by Crippen LogP contribution is -2.43. The van der Waals surface area contributed by atoms with E-state index < -0.39 is 48.2 Å². The first-order valence-corrected chi connectivity index (χ1v) is 15.3. The fourth-order valence-corrected chi connectivity index (χ4v) is 7.38. The Hall–Kier alpha value is -3.29. The number of amidine groups is 1. The molecule has 13 heteroatoms. The summed E-state index contributed by atoms with van der Waals surface area (Å²) in [5.74, 6) is -5.49. The minimum atomic E-state index is -2.97. The molecule has 6 rings (SSSR count). The van der Waals surface area contributed by atoms with Crippen LogP contribution in [0, 0.1) is 24.1 Å². The molecule has 3 fully saturated rings. The second-order valence-corrected chi connectivity index (χ2v) is 12.9. The Morgan fingerprint density at radius 3 is 2.72 bits per heavy atom. The number of aromatic nitrogens is 1. The number of alkyl halides is 2. The number of nitrogens with zero attached hydrogens (tertiary/aromatic N) is 4. The van der Waals surface area contributed by atoms with E-state index in [0.717, 1.165) is 12.8 Å². The van der Waals surface area contributed by atoms with Crippen LogP contribution in [0.4, 0.5) is 13.2 Å². The summed E-state index contributed by atoms with van der Waals surface area (Å²) < 4.78 is 51.1. The van der Waals surface area contributed by atoms with E-state index in [4.69, 9.17) is 9.73 Å². The average molecular weight is 618 g/mol. The van der Waals surface area contributed by atoms with Crippen LogP contribution in [-0.4, -0.2) is 89.0 Å². The normalized spacial score (nSPS) is 26.2. The zero-order chi connectivity index (χ0) is 30.5. The standard InChI is InChI=1S/C30H34F3N5O4S/c1-3-42-28(41)24-21(35-26(27-34-9-10-43-27)36-25(24)18-5-4-6-20(31)17(18)2)13-38-16-30(32,33)19-12-37(14-22(19)38)15-29(7-8-29)11-23(39)40/h4-6,9-10,19,22,25H,3,7-8,11-16H2,1-2H3,(H,35,36)(H,39,40)/t19-,22+,25+/m1/s1. The van der Waals surface area contributed by atoms with Gasteiger partial charge in [0.2, 0.25) is 0 Å². The highest BCUT2D eigenvalue weighted by Crippen LogP contribution is 2.51. The SMILES string of the molecule is CCOC(=O)C1=C(CN2CC(F)(F)[C@@H]3CN(CC4(CC(=O)O)CC4)C[C@@H]32)NC(c2nccs2)=N[C@H]1c1cccc(F)c1C. The van der Waals surface area contributed by atoms with Gasteiger partial charge in [0.1, 0.15) is 11.9 Å². The molecule has 4 aliphatic rings. The van der Waals surface area contributed by atoms with Gasteiger partial charge in [0.25, 0.3) is 5.92 Å². The zero-order valence-corrected chi connectivity index (χ0v) is 24.8. The first-order chi connectivity index (χ1) is 20.5. The van der Waals surface area contributed by atoms with Gasteiger partial charge in [-0.15, -0.1) is 11.3 Å². The number of aliphatic carboxylic acids is 1. The molecule has 1 aromatic carbocycles. The molecule has 230 valence electrons. The van der Waals surface area contributed by atoms with E-state index in [1.165, 1.54) is 17.4 Å². The lowest BCUT2D eigenvalue weighted by atomic mass is 9.92. The molecule has 3 aliphatic heterocycles. The summed E-state index contributed by atoms with van der Waals surface area (Å²) in [6.45, 7) is 3.94. The fourth-order valence-electron chi connectivity index (χ4n) is 6.79. The van der Waals surface area contributed by atoms with Crippen LogP contribution < -0.4 is 5.32 Å². The van der Waals surface area contributed by atoms with Gasteiger partial charge in [-0.3, -0.25) is 14.7 Å². The molecule has 3 atom stereocenters. The maximum absolute atomic E-state index is 15.5. The Balaban J connectivity index is 1.35. The highest BCUT2D eigenvalue weighted by Gasteiger charge is 2.59. The van der Waals surface area contributed by atoms with Crippen molar-refractivity contribution >= 4 is 29.1 Å². The first kappa shape index (κ1) is 29.8. The van der Waals surface area contributed by atoms with Crippen LogP contribution in [0.5, 0.6) is 0 Å². The van der Waals surface area contributed by atoms with Gasteiger partial charge in [-0.2, -0.15) is 0 Å². The summed E-state index contributed by atoms with van der Waals surface area (Å²) in [6, 6.07) is 3.16. The van der Waals surface area contributed by atoms with Gasteiger partial charge in [-0.25, -0.2) is 22.9 Å². The molecule has 9 nitrogen and oxygen atoms in total. The molecule has 0 amide bonds. The zero-order valence-electron chi connectivity index (χ0n) is 24.0. The number of carboxylic acids is 1. The van der Waals surface area contributed by atoms with Crippen LogP contribution in [0.1, 0.15) is 48.4 Å². The molecule has 0 unspecified atom stereocenters. The molecule has 2 N–H and O–H groups in total. The number of benzene rings is 1. The molecule has 43 heavy (non-hydrogen) atoms. The predicted molar refractivity (Wildman–Crippen MR) is 153 cm³/mol. The summed E-state index contributed by atoms with van der Waals surface area (Å²) >= 11 is 1.33. The number of hydrogen-bond donors (Lipinski definition) is 2. The number of likely N-dealkylation sites (tertiary alicyclic amines) is 2. The quantitative estimate of drug-likeness (QED) is 0.386. The molecule has 2 aromatic rings. The van der Waals surface area contributed by atoms with Gasteiger partial charge in [-0.1, -0.05) is 12.1 Å². The molecular formula is C30H34F3N5O4S. The summed E-state index contributed by atoms with van der Waals surface area (Å²) in [4.78, 5) is 37.7. The second kappa shape index (κ2) is 11.3. The Morgan fingerprint density at radius 1 is 1.26 bits per heavy atom. The molecule has 0 bridgehead atoms. The number of hydrogen-bond acceptors (Lipinski definition) is 9. The Morgan fingerprint density at radius 2 is 2.05 bits per heavy atom. The van der Waals surface area contributed by atoms with Gasteiger partial charge in [0.05, 0.1) is 31.1 Å². The fraction of sp³-hybridized carbons (Fsp3) is 0.533. The van der Waals surface area contributed by atoms with Crippen molar-refractivity contribution < 1.29 is 32.6 Å². The number of carbonyl (C=O) groups excluding carboxylic acids is 1. The van der Waals surface area contributed by atoms with E-state index in [9.17, 15) is 19.1 Å². The average Bonchev–Trinajstić information content (AvgIpc) is 3.29. The van der Waals surface area contributed by atoms with E-state index in [1.54, 1.807) is 42.5 Å². The molecule has 2 saturated heterocycles. The highest BCUT2D eigenvalue weighted by atomic mass is 32.1. The van der Waals surface area contributed by atoms with E-state index in [0.29, 0.717) is 40.8 Å². The van der Waals surface area contributed by atoms with Crippen LogP contribution in [0.3, 0.4) is 0 Å². The number of esters is 1. The van der Waals surface area contributed by atoms with Crippen LogP contribution in [0.15, 0.2) is 46.0 Å². The number of ether oxygens (including phenoxy) is 1. The third-order valence-corrected chi connectivity index (χ3v) is 9.83. The Labute approximate surface area is 251 Å². The third kappa shape index (κ3) is 5.82. The number of thiazole rings is 1. The van der Waals surface area contributed by atoms with Crippen LogP contribution >= 0.6 is 11.3 Å². The van der Waals surface area contributed by atoms with Crippen LogP contribution in [-0.2, 0) is 14.3 Å². The molecule has 1 saturated carbocycles. The summed E-state index contributed by atoms with van der Waals surface area (Å²) in [5, 5.41) is 14.9. The topological polar surface area (TPSA) is 107 Å². The number of fused-ring (bicyclic) bond motifs is 1. The molecule has 4 heterocycles. The van der Waals surface area contributed by atoms with Crippen molar-refractivity contribution in [1.82, 2.24) is 20.1 Å². The molecular weight excluding hydrogens is 583 g/mol. The number of nitrogens with one attached hydrogen (secondary N) is 1. The third-order valence-electron chi connectivity index (χ3n) is 9.05. The molecule has 1 aliphatic carbocycles. The summed E-state index contributed by atoms with van der Waals surface area (Å²) in [5.41, 5.74) is 0.973. The van der Waals surface area contributed by atoms with Crippen molar-refractivity contribution in [2.24, 2.45) is 16.3 Å². The van der Waals surface area contributed by atoms with Gasteiger partial charge >= 0.3 is 11.9 Å². The number of carbonyl (C=O) groups is 2.